The number of urea groups is 1. The summed E-state index contributed by atoms with van der Waals surface area (Å²) < 4.78 is 6.11. The van der Waals surface area contributed by atoms with Crippen molar-refractivity contribution in [3.05, 3.63) is 29.8 Å². The minimum atomic E-state index is -0.205. The first-order chi connectivity index (χ1) is 12.0. The van der Waals surface area contributed by atoms with Crippen molar-refractivity contribution < 1.29 is 14.3 Å². The first-order valence-corrected chi connectivity index (χ1v) is 9.07. The molecule has 1 saturated heterocycles. The average Bonchev–Trinajstić information content (AvgIpc) is 3.11. The van der Waals surface area contributed by atoms with Crippen molar-refractivity contribution in [3.63, 3.8) is 0 Å². The summed E-state index contributed by atoms with van der Waals surface area (Å²) in [6, 6.07) is 7.67. The van der Waals surface area contributed by atoms with E-state index in [0.29, 0.717) is 13.1 Å². The monoisotopic (exact) mass is 345 g/mol. The summed E-state index contributed by atoms with van der Waals surface area (Å²) in [6.07, 6.45) is 4.93. The zero-order valence-corrected chi connectivity index (χ0v) is 15.0. The van der Waals surface area contributed by atoms with Crippen molar-refractivity contribution in [3.8, 4) is 5.75 Å². The van der Waals surface area contributed by atoms with Crippen molar-refractivity contribution in [1.82, 2.24) is 15.1 Å². The lowest BCUT2D eigenvalue weighted by atomic mass is 10.2. The molecule has 1 saturated carbocycles. The summed E-state index contributed by atoms with van der Waals surface area (Å²) in [4.78, 5) is 27.6. The Balaban J connectivity index is 1.58. The number of nitrogens with one attached hydrogen (secondary N) is 1. The van der Waals surface area contributed by atoms with Crippen LogP contribution in [0.2, 0.25) is 0 Å². The van der Waals surface area contributed by atoms with E-state index in [1.165, 1.54) is 12.8 Å². The van der Waals surface area contributed by atoms with Crippen LogP contribution in [0.25, 0.3) is 0 Å². The number of hydrogen-bond acceptors (Lipinski definition) is 3. The molecule has 25 heavy (non-hydrogen) atoms. The molecule has 1 unspecified atom stereocenters. The van der Waals surface area contributed by atoms with Crippen LogP contribution in [-0.4, -0.2) is 54.0 Å². The Hall–Kier alpha value is -2.24. The highest BCUT2D eigenvalue weighted by molar-refractivity contribution is 5.85. The maximum atomic E-state index is 12.4. The number of rotatable bonds is 4. The van der Waals surface area contributed by atoms with Gasteiger partial charge in [0.1, 0.15) is 12.3 Å². The number of para-hydroxylation sites is 1. The standard InChI is InChI=1S/C19H27N3O3/c1-14-12-22(13-18(23)21(14)2)19(24)20-11-15-7-3-6-10-17(15)25-16-8-4-5-9-16/h3,6-7,10,14,16H,4-5,8-9,11-13H2,1-2H3,(H,20,24). The lowest BCUT2D eigenvalue weighted by Gasteiger charge is -2.37. The van der Waals surface area contributed by atoms with Crippen LogP contribution in [0.4, 0.5) is 4.79 Å². The fraction of sp³-hybridized carbons (Fsp3) is 0.579. The molecule has 0 bridgehead atoms. The third-order valence-electron chi connectivity index (χ3n) is 5.15. The van der Waals surface area contributed by atoms with E-state index >= 15 is 0 Å². The van der Waals surface area contributed by atoms with E-state index in [1.807, 2.05) is 31.2 Å². The zero-order chi connectivity index (χ0) is 17.8. The summed E-state index contributed by atoms with van der Waals surface area (Å²) in [6.45, 7) is 3.03. The summed E-state index contributed by atoms with van der Waals surface area (Å²) in [5.74, 6) is 0.816. The molecule has 1 atom stereocenters. The van der Waals surface area contributed by atoms with Gasteiger partial charge in [0.2, 0.25) is 5.91 Å². The van der Waals surface area contributed by atoms with Gasteiger partial charge in [0.05, 0.1) is 6.10 Å². The molecule has 1 aliphatic heterocycles. The van der Waals surface area contributed by atoms with Crippen LogP contribution in [0.3, 0.4) is 0 Å². The molecule has 6 nitrogen and oxygen atoms in total. The third-order valence-corrected chi connectivity index (χ3v) is 5.15. The van der Waals surface area contributed by atoms with E-state index in [0.717, 1.165) is 24.2 Å². The molecule has 3 rings (SSSR count). The molecule has 1 heterocycles. The Morgan fingerprint density at radius 1 is 1.28 bits per heavy atom. The Bertz CT molecular complexity index is 628. The van der Waals surface area contributed by atoms with Crippen molar-refractivity contribution in [1.29, 1.82) is 0 Å². The maximum absolute atomic E-state index is 12.4. The van der Waals surface area contributed by atoms with Gasteiger partial charge in [-0.05, 0) is 38.7 Å². The maximum Gasteiger partial charge on any atom is 0.318 e. The van der Waals surface area contributed by atoms with E-state index in [2.05, 4.69) is 5.32 Å². The number of likely N-dealkylation sites (N-methyl/N-ethyl adjacent to an activating group) is 1. The molecular formula is C19H27N3O3. The second-order valence-electron chi connectivity index (χ2n) is 7.02. The van der Waals surface area contributed by atoms with Crippen molar-refractivity contribution >= 4 is 11.9 Å². The molecule has 3 amide bonds. The molecular weight excluding hydrogens is 318 g/mol. The number of benzene rings is 1. The highest BCUT2D eigenvalue weighted by Crippen LogP contribution is 2.26. The number of amides is 3. The fourth-order valence-corrected chi connectivity index (χ4v) is 3.41. The molecule has 2 aliphatic rings. The van der Waals surface area contributed by atoms with Crippen LogP contribution in [0.1, 0.15) is 38.2 Å². The van der Waals surface area contributed by atoms with Gasteiger partial charge < -0.3 is 19.9 Å². The summed E-state index contributed by atoms with van der Waals surface area (Å²) in [5, 5.41) is 2.93. The van der Waals surface area contributed by atoms with Gasteiger partial charge in [-0.1, -0.05) is 18.2 Å². The van der Waals surface area contributed by atoms with Crippen LogP contribution < -0.4 is 10.1 Å². The normalized spacial score (nSPS) is 21.5. The van der Waals surface area contributed by atoms with Gasteiger partial charge in [-0.25, -0.2) is 4.79 Å². The van der Waals surface area contributed by atoms with Gasteiger partial charge in [0, 0.05) is 31.7 Å². The quantitative estimate of drug-likeness (QED) is 0.911. The third kappa shape index (κ3) is 4.24. The highest BCUT2D eigenvalue weighted by Gasteiger charge is 2.29. The second-order valence-corrected chi connectivity index (χ2v) is 7.02. The smallest absolute Gasteiger partial charge is 0.318 e. The van der Waals surface area contributed by atoms with Crippen molar-refractivity contribution in [2.45, 2.75) is 51.3 Å². The summed E-state index contributed by atoms with van der Waals surface area (Å²) >= 11 is 0. The minimum absolute atomic E-state index is 0.0288. The van der Waals surface area contributed by atoms with Gasteiger partial charge in [-0.15, -0.1) is 0 Å². The summed E-state index contributed by atoms with van der Waals surface area (Å²) in [5.41, 5.74) is 0.969. The number of piperazine rings is 1. The van der Waals surface area contributed by atoms with Crippen molar-refractivity contribution in [2.75, 3.05) is 20.1 Å². The lowest BCUT2D eigenvalue weighted by Crippen LogP contribution is -2.57. The number of nitrogens with zero attached hydrogens (tertiary/aromatic N) is 2. The van der Waals surface area contributed by atoms with E-state index in [-0.39, 0.29) is 30.6 Å². The van der Waals surface area contributed by atoms with Crippen LogP contribution >= 0.6 is 0 Å². The van der Waals surface area contributed by atoms with Crippen LogP contribution in [-0.2, 0) is 11.3 Å². The molecule has 1 aromatic rings. The van der Waals surface area contributed by atoms with E-state index in [1.54, 1.807) is 16.8 Å². The van der Waals surface area contributed by atoms with Gasteiger partial charge in [0.15, 0.2) is 0 Å². The van der Waals surface area contributed by atoms with Gasteiger partial charge in [-0.2, -0.15) is 0 Å². The molecule has 0 aromatic heterocycles. The number of carbonyl (C=O) groups is 2. The molecule has 1 aliphatic carbocycles. The predicted molar refractivity (Wildman–Crippen MR) is 95.4 cm³/mol. The van der Waals surface area contributed by atoms with E-state index in [9.17, 15) is 9.59 Å². The fourth-order valence-electron chi connectivity index (χ4n) is 3.41. The number of ether oxygens (including phenoxy) is 1. The molecule has 6 heteroatoms. The first-order valence-electron chi connectivity index (χ1n) is 9.07. The van der Waals surface area contributed by atoms with Crippen LogP contribution in [0.15, 0.2) is 24.3 Å². The number of hydrogen-bond donors (Lipinski definition) is 1. The zero-order valence-electron chi connectivity index (χ0n) is 15.0. The Labute approximate surface area is 149 Å². The van der Waals surface area contributed by atoms with Gasteiger partial charge >= 0.3 is 6.03 Å². The Morgan fingerprint density at radius 2 is 2.00 bits per heavy atom. The molecule has 1 aromatic carbocycles. The Kier molecular flexibility index (Phi) is 5.46. The average molecular weight is 345 g/mol. The lowest BCUT2D eigenvalue weighted by molar-refractivity contribution is -0.135. The molecule has 136 valence electrons. The van der Waals surface area contributed by atoms with E-state index in [4.69, 9.17) is 4.74 Å². The predicted octanol–water partition coefficient (Wildman–Crippen LogP) is 2.38. The van der Waals surface area contributed by atoms with Crippen LogP contribution in [0.5, 0.6) is 5.75 Å². The number of carbonyl (C=O) groups excluding carboxylic acids is 2. The largest absolute Gasteiger partial charge is 0.490 e. The second kappa shape index (κ2) is 7.76. The van der Waals surface area contributed by atoms with Crippen LogP contribution in [0, 0.1) is 0 Å². The summed E-state index contributed by atoms with van der Waals surface area (Å²) in [7, 11) is 1.78. The van der Waals surface area contributed by atoms with Gasteiger partial charge in [-0.3, -0.25) is 4.79 Å². The van der Waals surface area contributed by atoms with Gasteiger partial charge in [0.25, 0.3) is 0 Å². The first kappa shape index (κ1) is 17.6. The molecule has 0 radical (unpaired) electrons. The topological polar surface area (TPSA) is 61.9 Å². The SMILES string of the molecule is CC1CN(C(=O)NCc2ccccc2OC2CCCC2)CC(=O)N1C. The molecule has 2 fully saturated rings. The van der Waals surface area contributed by atoms with E-state index < -0.39 is 0 Å². The molecule has 1 N–H and O–H groups in total. The minimum Gasteiger partial charge on any atom is -0.490 e. The Morgan fingerprint density at radius 3 is 2.72 bits per heavy atom. The highest BCUT2D eigenvalue weighted by atomic mass is 16.5. The molecule has 0 spiro atoms. The van der Waals surface area contributed by atoms with Crippen molar-refractivity contribution in [2.24, 2.45) is 0 Å².